The van der Waals surface area contributed by atoms with Crippen LogP contribution in [-0.4, -0.2) is 36.8 Å². The predicted octanol–water partition coefficient (Wildman–Crippen LogP) is 3.69. The maximum Gasteiger partial charge on any atom is 0.416 e. The van der Waals surface area contributed by atoms with Crippen LogP contribution in [0.4, 0.5) is 32.0 Å². The summed E-state index contributed by atoms with van der Waals surface area (Å²) in [5.41, 5.74) is -1.59. The molecule has 0 bridgehead atoms. The van der Waals surface area contributed by atoms with Crippen LogP contribution in [0, 0.1) is 0 Å². The van der Waals surface area contributed by atoms with Crippen LogP contribution < -0.4 is 15.4 Å². The molecule has 0 heterocycles. The molecule has 2 aromatic carbocycles. The third-order valence-electron chi connectivity index (χ3n) is 3.80. The Kier molecular flexibility index (Phi) is 7.54. The zero-order valence-corrected chi connectivity index (χ0v) is 15.3. The minimum absolute atomic E-state index is 0.103. The van der Waals surface area contributed by atoms with Crippen LogP contribution in [0.25, 0.3) is 0 Å². The van der Waals surface area contributed by atoms with E-state index in [4.69, 9.17) is 4.74 Å². The summed E-state index contributed by atoms with van der Waals surface area (Å²) in [5, 5.41) is 14.7. The van der Waals surface area contributed by atoms with Gasteiger partial charge in [0.05, 0.1) is 17.7 Å². The van der Waals surface area contributed by atoms with Gasteiger partial charge in [-0.15, -0.1) is 0 Å². The van der Waals surface area contributed by atoms with E-state index in [2.05, 4.69) is 10.6 Å². The molecule has 0 fully saturated rings. The fourth-order valence-electron chi connectivity index (χ4n) is 2.27. The van der Waals surface area contributed by atoms with Gasteiger partial charge in [0.2, 0.25) is 5.91 Å². The molecular weight excluding hydrogens is 418 g/mol. The highest BCUT2D eigenvalue weighted by Crippen LogP contribution is 2.31. The highest BCUT2D eigenvalue weighted by molar-refractivity contribution is 5.80. The fraction of sp³-hybridized carbons (Fsp3) is 0.316. The largest absolute Gasteiger partial charge is 0.491 e. The van der Waals surface area contributed by atoms with Gasteiger partial charge >= 0.3 is 12.4 Å². The van der Waals surface area contributed by atoms with Crippen molar-refractivity contribution in [2.24, 2.45) is 0 Å². The van der Waals surface area contributed by atoms with Gasteiger partial charge in [-0.05, 0) is 42.5 Å². The van der Waals surface area contributed by atoms with Crippen LogP contribution in [0.1, 0.15) is 11.1 Å². The number of benzene rings is 2. The minimum atomic E-state index is -4.50. The van der Waals surface area contributed by atoms with E-state index >= 15 is 0 Å². The maximum atomic E-state index is 12.6. The van der Waals surface area contributed by atoms with E-state index in [1.165, 1.54) is 12.1 Å². The van der Waals surface area contributed by atoms with Gasteiger partial charge < -0.3 is 20.5 Å². The number of alkyl halides is 6. The normalized spacial score (nSPS) is 12.9. The highest BCUT2D eigenvalue weighted by Gasteiger charge is 2.31. The summed E-state index contributed by atoms with van der Waals surface area (Å²) >= 11 is 0. The quantitative estimate of drug-likeness (QED) is 0.552. The number of rotatable bonds is 8. The fourth-order valence-corrected chi connectivity index (χ4v) is 2.27. The number of ether oxygens (including phenoxy) is 1. The summed E-state index contributed by atoms with van der Waals surface area (Å²) in [6.07, 6.45) is -10.1. The lowest BCUT2D eigenvalue weighted by Crippen LogP contribution is -2.38. The number of anilines is 1. The third kappa shape index (κ3) is 7.47. The first-order valence-electron chi connectivity index (χ1n) is 8.61. The first-order valence-corrected chi connectivity index (χ1v) is 8.61. The van der Waals surface area contributed by atoms with Crippen molar-refractivity contribution in [1.29, 1.82) is 0 Å². The summed E-state index contributed by atoms with van der Waals surface area (Å²) in [5.74, 6) is -0.472. The van der Waals surface area contributed by atoms with E-state index in [0.29, 0.717) is 0 Å². The molecule has 1 amide bonds. The molecule has 0 spiro atoms. The van der Waals surface area contributed by atoms with Crippen LogP contribution in [-0.2, 0) is 17.1 Å². The van der Waals surface area contributed by atoms with Gasteiger partial charge in [-0.1, -0.05) is 6.07 Å². The Morgan fingerprint density at radius 3 is 2.20 bits per heavy atom. The van der Waals surface area contributed by atoms with E-state index in [1.54, 1.807) is 0 Å². The average Bonchev–Trinajstić information content (AvgIpc) is 2.68. The Labute approximate surface area is 167 Å². The molecule has 1 unspecified atom stereocenters. The van der Waals surface area contributed by atoms with Crippen LogP contribution in [0.5, 0.6) is 5.75 Å². The second-order valence-electron chi connectivity index (χ2n) is 6.22. The van der Waals surface area contributed by atoms with Crippen molar-refractivity contribution in [3.63, 3.8) is 0 Å². The molecule has 0 aliphatic rings. The molecule has 0 saturated carbocycles. The van der Waals surface area contributed by atoms with E-state index in [1.807, 2.05) is 0 Å². The third-order valence-corrected chi connectivity index (χ3v) is 3.80. The van der Waals surface area contributed by atoms with Crippen LogP contribution >= 0.6 is 0 Å². The van der Waals surface area contributed by atoms with Crippen LogP contribution in [0.2, 0.25) is 0 Å². The standard InChI is InChI=1S/C19H18F6N2O3/c20-18(21,22)12-4-6-16(7-5-12)30-11-15(28)9-27-17(29)10-26-14-3-1-2-13(8-14)19(23,24)25/h1-8,15,26,28H,9-11H2,(H,27,29). The second-order valence-corrected chi connectivity index (χ2v) is 6.22. The minimum Gasteiger partial charge on any atom is -0.491 e. The molecule has 30 heavy (non-hydrogen) atoms. The number of amides is 1. The number of aliphatic hydroxyl groups excluding tert-OH is 1. The van der Waals surface area contributed by atoms with Gasteiger partial charge in [0.1, 0.15) is 18.5 Å². The van der Waals surface area contributed by atoms with E-state index < -0.39 is 35.5 Å². The van der Waals surface area contributed by atoms with E-state index in [9.17, 15) is 36.2 Å². The molecule has 0 aliphatic carbocycles. The topological polar surface area (TPSA) is 70.6 Å². The van der Waals surface area contributed by atoms with Crippen molar-refractivity contribution in [3.05, 3.63) is 59.7 Å². The molecule has 11 heteroatoms. The van der Waals surface area contributed by atoms with Crippen molar-refractivity contribution in [3.8, 4) is 5.75 Å². The van der Waals surface area contributed by atoms with Gasteiger partial charge in [0.25, 0.3) is 0 Å². The zero-order chi connectivity index (χ0) is 22.4. The number of carbonyl (C=O) groups excluding carboxylic acids is 1. The smallest absolute Gasteiger partial charge is 0.416 e. The predicted molar refractivity (Wildman–Crippen MR) is 95.9 cm³/mol. The second kappa shape index (κ2) is 9.70. The summed E-state index contributed by atoms with van der Waals surface area (Å²) in [6, 6.07) is 8.21. The average molecular weight is 436 g/mol. The van der Waals surface area contributed by atoms with Crippen molar-refractivity contribution >= 4 is 11.6 Å². The molecule has 2 aromatic rings. The molecule has 1 atom stereocenters. The van der Waals surface area contributed by atoms with E-state index in [-0.39, 0.29) is 31.1 Å². The van der Waals surface area contributed by atoms with Crippen molar-refractivity contribution in [2.45, 2.75) is 18.5 Å². The number of carbonyl (C=O) groups is 1. The van der Waals surface area contributed by atoms with Gasteiger partial charge in [0.15, 0.2) is 0 Å². The molecule has 164 valence electrons. The molecule has 2 rings (SSSR count). The van der Waals surface area contributed by atoms with Gasteiger partial charge in [-0.2, -0.15) is 26.3 Å². The Hall–Kier alpha value is -2.95. The lowest BCUT2D eigenvalue weighted by atomic mass is 10.2. The van der Waals surface area contributed by atoms with Crippen molar-refractivity contribution in [1.82, 2.24) is 5.32 Å². The number of nitrogens with one attached hydrogen (secondary N) is 2. The Morgan fingerprint density at radius 1 is 0.967 bits per heavy atom. The van der Waals surface area contributed by atoms with Gasteiger partial charge in [0, 0.05) is 12.2 Å². The molecular formula is C19H18F6N2O3. The highest BCUT2D eigenvalue weighted by atomic mass is 19.4. The first kappa shape index (κ1) is 23.3. The Bertz CT molecular complexity index is 837. The van der Waals surface area contributed by atoms with Gasteiger partial charge in [-0.3, -0.25) is 4.79 Å². The first-order chi connectivity index (χ1) is 13.9. The maximum absolute atomic E-state index is 12.6. The zero-order valence-electron chi connectivity index (χ0n) is 15.3. The molecule has 0 saturated heterocycles. The Morgan fingerprint density at radius 2 is 1.60 bits per heavy atom. The Balaban J connectivity index is 1.72. The SMILES string of the molecule is O=C(CNc1cccc(C(F)(F)F)c1)NCC(O)COc1ccc(C(F)(F)F)cc1. The monoisotopic (exact) mass is 436 g/mol. The number of halogens is 6. The summed E-state index contributed by atoms with van der Waals surface area (Å²) in [4.78, 5) is 11.8. The lowest BCUT2D eigenvalue weighted by molar-refractivity contribution is -0.138. The molecule has 0 radical (unpaired) electrons. The lowest BCUT2D eigenvalue weighted by Gasteiger charge is -2.14. The molecule has 3 N–H and O–H groups in total. The summed E-state index contributed by atoms with van der Waals surface area (Å²) in [7, 11) is 0. The molecule has 0 aliphatic heterocycles. The number of hydrogen-bond donors (Lipinski definition) is 3. The van der Waals surface area contributed by atoms with Gasteiger partial charge in [-0.25, -0.2) is 0 Å². The molecule has 5 nitrogen and oxygen atoms in total. The van der Waals surface area contributed by atoms with Crippen molar-refractivity contribution < 1.29 is 41.0 Å². The van der Waals surface area contributed by atoms with Crippen molar-refractivity contribution in [2.75, 3.05) is 25.0 Å². The number of hydrogen-bond acceptors (Lipinski definition) is 4. The summed E-state index contributed by atoms with van der Waals surface area (Å²) < 4.78 is 80.5. The van der Waals surface area contributed by atoms with Crippen LogP contribution in [0.3, 0.4) is 0 Å². The number of aliphatic hydroxyl groups is 1. The van der Waals surface area contributed by atoms with E-state index in [0.717, 1.165) is 36.4 Å². The summed E-state index contributed by atoms with van der Waals surface area (Å²) in [6.45, 7) is -0.829. The molecule has 0 aromatic heterocycles. The van der Waals surface area contributed by atoms with Crippen LogP contribution in [0.15, 0.2) is 48.5 Å².